The molecule has 1 heterocycles. The molecule has 24 heavy (non-hydrogen) atoms. The molecule has 0 fully saturated rings. The fourth-order valence-electron chi connectivity index (χ4n) is 1.97. The van der Waals surface area contributed by atoms with Crippen LogP contribution in [-0.2, 0) is 15.6 Å². The van der Waals surface area contributed by atoms with Crippen LogP contribution in [0.2, 0.25) is 0 Å². The third-order valence-electron chi connectivity index (χ3n) is 3.19. The first-order valence-corrected chi connectivity index (χ1v) is 9.29. The van der Waals surface area contributed by atoms with E-state index in [1.807, 2.05) is 31.6 Å². The zero-order valence-corrected chi connectivity index (χ0v) is 15.0. The van der Waals surface area contributed by atoms with Crippen molar-refractivity contribution in [3.05, 3.63) is 53.9 Å². The number of hydrogen-bond donors (Lipinski definition) is 1. The summed E-state index contributed by atoms with van der Waals surface area (Å²) in [6, 6.07) is 6.27. The van der Waals surface area contributed by atoms with E-state index in [1.54, 1.807) is 36.5 Å². The van der Waals surface area contributed by atoms with Gasteiger partial charge in [0.05, 0.1) is 18.0 Å². The van der Waals surface area contributed by atoms with Crippen molar-refractivity contribution in [2.75, 3.05) is 11.0 Å². The topological polar surface area (TPSA) is 81.1 Å². The molecule has 0 saturated heterocycles. The molecule has 1 aromatic heterocycles. The van der Waals surface area contributed by atoms with Gasteiger partial charge in [0.25, 0.3) is 0 Å². The Morgan fingerprint density at radius 3 is 2.33 bits per heavy atom. The number of aromatic nitrogens is 2. The molecule has 128 valence electrons. The van der Waals surface area contributed by atoms with Crippen LogP contribution in [0, 0.1) is 0 Å². The lowest BCUT2D eigenvalue weighted by Crippen LogP contribution is -2.21. The van der Waals surface area contributed by atoms with Gasteiger partial charge in [0.15, 0.2) is 5.78 Å². The van der Waals surface area contributed by atoms with Gasteiger partial charge in [-0.05, 0) is 57.2 Å². The summed E-state index contributed by atoms with van der Waals surface area (Å²) in [7, 11) is -3.32. The predicted molar refractivity (Wildman–Crippen MR) is 95.5 cm³/mol. The lowest BCUT2D eigenvalue weighted by molar-refractivity contribution is 0.104. The summed E-state index contributed by atoms with van der Waals surface area (Å²) in [5.41, 5.74) is 1.63. The van der Waals surface area contributed by atoms with Crippen molar-refractivity contribution in [1.29, 1.82) is 0 Å². The normalized spacial score (nSPS) is 12.5. The molecule has 0 aliphatic carbocycles. The zero-order chi connectivity index (χ0) is 18.0. The quantitative estimate of drug-likeness (QED) is 0.666. The van der Waals surface area contributed by atoms with Gasteiger partial charge < -0.3 is 0 Å². The highest BCUT2D eigenvalue weighted by molar-refractivity contribution is 7.92. The molecule has 0 radical (unpaired) electrons. The summed E-state index contributed by atoms with van der Waals surface area (Å²) in [5.74, 6) is -0.163. The van der Waals surface area contributed by atoms with Crippen LogP contribution in [0.15, 0.2) is 42.7 Å². The van der Waals surface area contributed by atoms with Crippen molar-refractivity contribution < 1.29 is 13.2 Å². The number of carbonyl (C=O) groups is 1. The Labute approximate surface area is 142 Å². The molecule has 0 aliphatic rings. The fourth-order valence-corrected chi connectivity index (χ4v) is 2.54. The Hall–Kier alpha value is -2.41. The molecule has 7 heteroatoms. The molecule has 6 nitrogen and oxygen atoms in total. The van der Waals surface area contributed by atoms with Crippen molar-refractivity contribution in [2.45, 2.75) is 26.3 Å². The minimum atomic E-state index is -3.32. The number of ketones is 1. The third kappa shape index (κ3) is 5.06. The zero-order valence-electron chi connectivity index (χ0n) is 14.1. The fraction of sp³-hybridized carbons (Fsp3) is 0.294. The second-order valence-electron chi connectivity index (χ2n) is 6.54. The van der Waals surface area contributed by atoms with Gasteiger partial charge in [0.1, 0.15) is 0 Å². The minimum absolute atomic E-state index is 0.113. The molecule has 0 bridgehead atoms. The second kappa shape index (κ2) is 6.60. The van der Waals surface area contributed by atoms with Gasteiger partial charge in [-0.3, -0.25) is 14.2 Å². The van der Waals surface area contributed by atoms with Gasteiger partial charge in [-0.15, -0.1) is 0 Å². The van der Waals surface area contributed by atoms with Crippen molar-refractivity contribution in [1.82, 2.24) is 9.78 Å². The molecule has 0 aliphatic heterocycles. The summed E-state index contributed by atoms with van der Waals surface area (Å²) >= 11 is 0. The maximum absolute atomic E-state index is 12.2. The Morgan fingerprint density at radius 1 is 1.21 bits per heavy atom. The number of carbonyl (C=O) groups excluding carboxylic acids is 1. The number of hydrogen-bond acceptors (Lipinski definition) is 4. The van der Waals surface area contributed by atoms with Gasteiger partial charge in [-0.1, -0.05) is 0 Å². The van der Waals surface area contributed by atoms with Gasteiger partial charge in [-0.25, -0.2) is 8.42 Å². The van der Waals surface area contributed by atoms with Crippen LogP contribution >= 0.6 is 0 Å². The van der Waals surface area contributed by atoms with Crippen molar-refractivity contribution in [3.63, 3.8) is 0 Å². The van der Waals surface area contributed by atoms with Crippen molar-refractivity contribution in [3.8, 4) is 0 Å². The molecular weight excluding hydrogens is 326 g/mol. The Morgan fingerprint density at radius 2 is 1.83 bits per heavy atom. The third-order valence-corrected chi connectivity index (χ3v) is 3.80. The summed E-state index contributed by atoms with van der Waals surface area (Å²) in [5, 5.41) is 4.27. The Kier molecular flexibility index (Phi) is 4.94. The molecule has 1 N–H and O–H groups in total. The molecule has 0 unspecified atom stereocenters. The van der Waals surface area contributed by atoms with Gasteiger partial charge in [-0.2, -0.15) is 5.10 Å². The van der Waals surface area contributed by atoms with Gasteiger partial charge in [0, 0.05) is 23.0 Å². The number of benzene rings is 1. The van der Waals surface area contributed by atoms with Crippen LogP contribution in [0.5, 0.6) is 0 Å². The predicted octanol–water partition coefficient (Wildman–Crippen LogP) is 2.91. The van der Waals surface area contributed by atoms with Gasteiger partial charge >= 0.3 is 0 Å². The first-order chi connectivity index (χ1) is 11.0. The number of rotatable bonds is 5. The molecule has 0 atom stereocenters. The van der Waals surface area contributed by atoms with Crippen LogP contribution < -0.4 is 4.72 Å². The van der Waals surface area contributed by atoms with Crippen molar-refractivity contribution in [2.24, 2.45) is 0 Å². The molecular formula is C17H21N3O3S. The Bertz CT molecular complexity index is 857. The first kappa shape index (κ1) is 17.9. The van der Waals surface area contributed by atoms with Crippen LogP contribution in [0.3, 0.4) is 0 Å². The van der Waals surface area contributed by atoms with E-state index in [0.717, 1.165) is 11.8 Å². The van der Waals surface area contributed by atoms with Crippen LogP contribution in [0.25, 0.3) is 6.08 Å². The lowest BCUT2D eigenvalue weighted by atomic mass is 10.1. The molecule has 0 saturated carbocycles. The maximum atomic E-state index is 12.2. The molecule has 0 spiro atoms. The minimum Gasteiger partial charge on any atom is -0.289 e. The highest BCUT2D eigenvalue weighted by atomic mass is 32.2. The standard InChI is InChI=1S/C17H21N3O3S/c1-17(2,3)20-12-13(11-18-20)5-10-16(21)14-6-8-15(9-7-14)19-24(4,22)23/h5-12,19H,1-4H3/b10-5-. The number of nitrogens with one attached hydrogen (secondary N) is 1. The van der Waals surface area contributed by atoms with E-state index in [0.29, 0.717) is 11.3 Å². The molecule has 0 amide bonds. The highest BCUT2D eigenvalue weighted by Gasteiger charge is 2.13. The monoisotopic (exact) mass is 347 g/mol. The van der Waals surface area contributed by atoms with E-state index in [9.17, 15) is 13.2 Å². The maximum Gasteiger partial charge on any atom is 0.229 e. The molecule has 2 aromatic rings. The van der Waals surface area contributed by atoms with E-state index in [-0.39, 0.29) is 11.3 Å². The molecule has 1 aromatic carbocycles. The average molecular weight is 347 g/mol. The first-order valence-electron chi connectivity index (χ1n) is 7.40. The van der Waals surface area contributed by atoms with Gasteiger partial charge in [0.2, 0.25) is 10.0 Å². The highest BCUT2D eigenvalue weighted by Crippen LogP contribution is 2.15. The van der Waals surface area contributed by atoms with Crippen LogP contribution in [-0.4, -0.2) is 30.2 Å². The molecule has 2 rings (SSSR count). The number of anilines is 1. The van der Waals surface area contributed by atoms with Crippen LogP contribution in [0.1, 0.15) is 36.7 Å². The van der Waals surface area contributed by atoms with E-state index in [1.165, 1.54) is 6.08 Å². The smallest absolute Gasteiger partial charge is 0.229 e. The average Bonchev–Trinajstić information content (AvgIpc) is 2.93. The van der Waals surface area contributed by atoms with E-state index in [4.69, 9.17) is 0 Å². The number of allylic oxidation sites excluding steroid dienone is 1. The summed E-state index contributed by atoms with van der Waals surface area (Å²) in [6.45, 7) is 6.14. The largest absolute Gasteiger partial charge is 0.289 e. The summed E-state index contributed by atoms with van der Waals surface area (Å²) in [4.78, 5) is 12.2. The van der Waals surface area contributed by atoms with Crippen molar-refractivity contribution >= 4 is 27.6 Å². The van der Waals surface area contributed by atoms with Crippen LogP contribution in [0.4, 0.5) is 5.69 Å². The van der Waals surface area contributed by atoms with E-state index in [2.05, 4.69) is 9.82 Å². The SMILES string of the molecule is CC(C)(C)n1cc(/C=C\C(=O)c2ccc(NS(C)(=O)=O)cc2)cn1. The summed E-state index contributed by atoms with van der Waals surface area (Å²) < 4.78 is 26.5. The van der Waals surface area contributed by atoms with E-state index < -0.39 is 10.0 Å². The second-order valence-corrected chi connectivity index (χ2v) is 8.29. The summed E-state index contributed by atoms with van der Waals surface area (Å²) in [6.07, 6.45) is 7.84. The van der Waals surface area contributed by atoms with E-state index >= 15 is 0 Å². The number of sulfonamides is 1. The number of nitrogens with zero attached hydrogens (tertiary/aromatic N) is 2. The lowest BCUT2D eigenvalue weighted by Gasteiger charge is -2.18. The Balaban J connectivity index is 2.08.